The van der Waals surface area contributed by atoms with Gasteiger partial charge in [-0.25, -0.2) is 17.8 Å². The third kappa shape index (κ3) is 4.49. The van der Waals surface area contributed by atoms with Crippen molar-refractivity contribution in [2.45, 2.75) is 11.8 Å². The molecule has 3 aromatic rings. The van der Waals surface area contributed by atoms with Crippen molar-refractivity contribution in [3.8, 4) is 23.6 Å². The Morgan fingerprint density at radius 1 is 1.10 bits per heavy atom. The molecule has 0 aliphatic heterocycles. The minimum absolute atomic E-state index is 0.0251. The van der Waals surface area contributed by atoms with E-state index in [1.54, 1.807) is 6.92 Å². The number of halogens is 2. The lowest BCUT2D eigenvalue weighted by atomic mass is 10.1. The van der Waals surface area contributed by atoms with Gasteiger partial charge in [-0.3, -0.25) is 4.72 Å². The average Bonchev–Trinajstić information content (AvgIpc) is 2.71. The fourth-order valence-corrected chi connectivity index (χ4v) is 3.85. The third-order valence-corrected chi connectivity index (χ3v) is 5.57. The summed E-state index contributed by atoms with van der Waals surface area (Å²) in [6.45, 7) is 1.58. The molecule has 0 unspecified atom stereocenters. The van der Waals surface area contributed by atoms with Crippen LogP contribution in [0.5, 0.6) is 11.5 Å². The van der Waals surface area contributed by atoms with E-state index >= 15 is 0 Å². The van der Waals surface area contributed by atoms with Gasteiger partial charge in [0.05, 0.1) is 27.2 Å². The highest BCUT2D eigenvalue weighted by molar-refractivity contribution is 7.92. The summed E-state index contributed by atoms with van der Waals surface area (Å²) in [6.07, 6.45) is 0.878. The van der Waals surface area contributed by atoms with Crippen molar-refractivity contribution in [1.29, 1.82) is 10.5 Å². The minimum Gasteiger partial charge on any atom is -0.456 e. The van der Waals surface area contributed by atoms with Crippen LogP contribution in [0.4, 0.5) is 10.2 Å². The molecule has 2 aromatic carbocycles. The van der Waals surface area contributed by atoms with E-state index in [2.05, 4.69) is 9.71 Å². The van der Waals surface area contributed by atoms with Gasteiger partial charge >= 0.3 is 0 Å². The zero-order valence-electron chi connectivity index (χ0n) is 15.3. The fourth-order valence-electron chi connectivity index (χ4n) is 2.52. The number of aromatic nitrogens is 1. The van der Waals surface area contributed by atoms with Gasteiger partial charge in [-0.05, 0) is 48.9 Å². The number of nitriles is 2. The first-order valence-electron chi connectivity index (χ1n) is 8.30. The van der Waals surface area contributed by atoms with Crippen LogP contribution >= 0.6 is 11.6 Å². The summed E-state index contributed by atoms with van der Waals surface area (Å²) in [5, 5.41) is 18.6. The molecule has 1 N–H and O–H groups in total. The molecule has 1 heterocycles. The standard InChI is InChI=1S/C20H12ClFN4O3S/c1-12-6-17(30(27,28)26-19-5-3-15(22)11-25-19)7-14(10-24)20(12)29-16-4-2-13(9-23)18(21)8-16/h2-8,11H,1H3,(H,25,26). The number of hydrogen-bond acceptors (Lipinski definition) is 6. The van der Waals surface area contributed by atoms with Crippen LogP contribution in [0.2, 0.25) is 5.02 Å². The van der Waals surface area contributed by atoms with Crippen molar-refractivity contribution in [3.05, 3.63) is 76.2 Å². The molecule has 0 radical (unpaired) electrons. The zero-order valence-corrected chi connectivity index (χ0v) is 16.9. The Hall–Kier alpha value is -3.66. The van der Waals surface area contributed by atoms with E-state index in [0.717, 1.165) is 18.3 Å². The molecule has 3 rings (SSSR count). The number of nitrogens with zero attached hydrogens (tertiary/aromatic N) is 3. The number of aryl methyl sites for hydroxylation is 1. The number of anilines is 1. The minimum atomic E-state index is -4.09. The van der Waals surface area contributed by atoms with E-state index in [4.69, 9.17) is 21.6 Å². The quantitative estimate of drug-likeness (QED) is 0.621. The van der Waals surface area contributed by atoms with Gasteiger partial charge in [-0.15, -0.1) is 0 Å². The van der Waals surface area contributed by atoms with Crippen LogP contribution in [0.1, 0.15) is 16.7 Å². The number of benzene rings is 2. The Labute approximate surface area is 177 Å². The molecule has 0 aliphatic carbocycles. The topological polar surface area (TPSA) is 116 Å². The van der Waals surface area contributed by atoms with E-state index < -0.39 is 15.8 Å². The van der Waals surface area contributed by atoms with Crippen molar-refractivity contribution in [2.75, 3.05) is 4.72 Å². The Bertz CT molecular complexity index is 1310. The Morgan fingerprint density at radius 3 is 2.43 bits per heavy atom. The smallest absolute Gasteiger partial charge is 0.263 e. The number of nitrogens with one attached hydrogen (secondary N) is 1. The maximum atomic E-state index is 13.0. The zero-order chi connectivity index (χ0) is 21.9. The second-order valence-electron chi connectivity index (χ2n) is 6.05. The number of pyridine rings is 1. The predicted molar refractivity (Wildman–Crippen MR) is 107 cm³/mol. The van der Waals surface area contributed by atoms with Crippen molar-refractivity contribution < 1.29 is 17.5 Å². The lowest BCUT2D eigenvalue weighted by molar-refractivity contribution is 0.476. The molecule has 150 valence electrons. The maximum absolute atomic E-state index is 13.0. The van der Waals surface area contributed by atoms with Crippen molar-refractivity contribution in [1.82, 2.24) is 4.98 Å². The Morgan fingerprint density at radius 2 is 1.83 bits per heavy atom. The summed E-state index contributed by atoms with van der Waals surface area (Å²) in [5.41, 5.74) is 0.619. The average molecular weight is 443 g/mol. The SMILES string of the molecule is Cc1cc(S(=O)(=O)Nc2ccc(F)cn2)cc(C#N)c1Oc1ccc(C#N)c(Cl)c1. The monoisotopic (exact) mass is 442 g/mol. The normalized spacial score (nSPS) is 10.7. The summed E-state index contributed by atoms with van der Waals surface area (Å²) in [7, 11) is -4.09. The van der Waals surface area contributed by atoms with E-state index in [1.165, 1.54) is 30.3 Å². The van der Waals surface area contributed by atoms with E-state index in [-0.39, 0.29) is 38.4 Å². The fraction of sp³-hybridized carbons (Fsp3) is 0.0500. The van der Waals surface area contributed by atoms with Crippen LogP contribution in [0.15, 0.2) is 53.6 Å². The van der Waals surface area contributed by atoms with Crippen molar-refractivity contribution in [2.24, 2.45) is 0 Å². The molecule has 0 amide bonds. The molecule has 7 nitrogen and oxygen atoms in total. The van der Waals surface area contributed by atoms with Crippen LogP contribution in [-0.2, 0) is 10.0 Å². The van der Waals surface area contributed by atoms with Gasteiger partial charge in [0, 0.05) is 6.07 Å². The van der Waals surface area contributed by atoms with Gasteiger partial charge in [0.2, 0.25) is 0 Å². The van der Waals surface area contributed by atoms with Crippen LogP contribution in [0.3, 0.4) is 0 Å². The van der Waals surface area contributed by atoms with Gasteiger partial charge in [-0.1, -0.05) is 11.6 Å². The maximum Gasteiger partial charge on any atom is 0.263 e. The first-order valence-corrected chi connectivity index (χ1v) is 10.2. The summed E-state index contributed by atoms with van der Waals surface area (Å²) in [4.78, 5) is 3.47. The Balaban J connectivity index is 1.96. The molecule has 0 atom stereocenters. The van der Waals surface area contributed by atoms with Crippen molar-refractivity contribution in [3.63, 3.8) is 0 Å². The van der Waals surface area contributed by atoms with Gasteiger partial charge < -0.3 is 4.74 Å². The highest BCUT2D eigenvalue weighted by Gasteiger charge is 2.20. The second kappa shape index (κ2) is 8.37. The molecular formula is C20H12ClFN4O3S. The van der Waals surface area contributed by atoms with Gasteiger partial charge in [0.25, 0.3) is 10.0 Å². The summed E-state index contributed by atoms with van der Waals surface area (Å²) in [6, 6.07) is 13.0. The van der Waals surface area contributed by atoms with Crippen LogP contribution < -0.4 is 9.46 Å². The largest absolute Gasteiger partial charge is 0.456 e. The molecular weight excluding hydrogens is 431 g/mol. The molecule has 0 fully saturated rings. The first-order chi connectivity index (χ1) is 14.2. The number of rotatable bonds is 5. The highest BCUT2D eigenvalue weighted by Crippen LogP contribution is 2.33. The summed E-state index contributed by atoms with van der Waals surface area (Å²) < 4.78 is 46.2. The molecule has 10 heteroatoms. The molecule has 1 aromatic heterocycles. The van der Waals surface area contributed by atoms with Gasteiger partial charge in [-0.2, -0.15) is 10.5 Å². The van der Waals surface area contributed by atoms with Gasteiger partial charge in [0.1, 0.15) is 35.3 Å². The van der Waals surface area contributed by atoms with Crippen molar-refractivity contribution >= 4 is 27.4 Å². The molecule has 30 heavy (non-hydrogen) atoms. The summed E-state index contributed by atoms with van der Waals surface area (Å²) >= 11 is 6.00. The predicted octanol–water partition coefficient (Wildman–Crippen LogP) is 4.52. The third-order valence-electron chi connectivity index (χ3n) is 3.93. The summed E-state index contributed by atoms with van der Waals surface area (Å²) in [5.74, 6) is -0.245. The van der Waals surface area contributed by atoms with E-state index in [1.807, 2.05) is 12.1 Å². The number of sulfonamides is 1. The number of ether oxygens (including phenoxy) is 1. The molecule has 0 aliphatic rings. The van der Waals surface area contributed by atoms with E-state index in [0.29, 0.717) is 5.56 Å². The molecule has 0 bridgehead atoms. The number of hydrogen-bond donors (Lipinski definition) is 1. The molecule has 0 spiro atoms. The first kappa shape index (κ1) is 21.1. The highest BCUT2D eigenvalue weighted by atomic mass is 35.5. The van der Waals surface area contributed by atoms with Crippen LogP contribution in [0.25, 0.3) is 0 Å². The van der Waals surface area contributed by atoms with E-state index in [9.17, 15) is 18.1 Å². The lowest BCUT2D eigenvalue weighted by Crippen LogP contribution is -2.14. The second-order valence-corrected chi connectivity index (χ2v) is 8.14. The van der Waals surface area contributed by atoms with Gasteiger partial charge in [0.15, 0.2) is 0 Å². The molecule has 0 saturated heterocycles. The lowest BCUT2D eigenvalue weighted by Gasteiger charge is -2.14. The molecule has 0 saturated carbocycles. The van der Waals surface area contributed by atoms with Crippen LogP contribution in [-0.4, -0.2) is 13.4 Å². The Kier molecular flexibility index (Phi) is 5.88. The van der Waals surface area contributed by atoms with Crippen LogP contribution in [0, 0.1) is 35.4 Å².